The lowest BCUT2D eigenvalue weighted by atomic mass is 10.1. The molecule has 0 spiro atoms. The van der Waals surface area contributed by atoms with Crippen molar-refractivity contribution in [2.75, 3.05) is 19.3 Å². The summed E-state index contributed by atoms with van der Waals surface area (Å²) in [6.45, 7) is 7.85. The third-order valence-electron chi connectivity index (χ3n) is 2.84. The van der Waals surface area contributed by atoms with Gasteiger partial charge >= 0.3 is 0 Å². The number of nitrogens with zero attached hydrogens (tertiary/aromatic N) is 2. The van der Waals surface area contributed by atoms with Crippen LogP contribution in [0.4, 0.5) is 0 Å². The third kappa shape index (κ3) is 5.65. The van der Waals surface area contributed by atoms with E-state index in [-0.39, 0.29) is 5.75 Å². The van der Waals surface area contributed by atoms with Gasteiger partial charge < -0.3 is 5.32 Å². The summed E-state index contributed by atoms with van der Waals surface area (Å²) >= 11 is 0. The summed E-state index contributed by atoms with van der Waals surface area (Å²) in [6.07, 6.45) is 3.18. The van der Waals surface area contributed by atoms with Gasteiger partial charge in [0, 0.05) is 17.6 Å². The molecule has 0 unspecified atom stereocenters. The molecule has 0 saturated carbocycles. The first-order chi connectivity index (χ1) is 8.83. The highest BCUT2D eigenvalue weighted by Gasteiger charge is 2.12. The summed E-state index contributed by atoms with van der Waals surface area (Å²) in [4.78, 5) is 8.60. The number of aryl methyl sites for hydroxylation is 2. The molecule has 1 rings (SSSR count). The first kappa shape index (κ1) is 16.0. The largest absolute Gasteiger partial charge is 0.316 e. The summed E-state index contributed by atoms with van der Waals surface area (Å²) in [5.74, 6) is 0.297. The van der Waals surface area contributed by atoms with E-state index in [1.807, 2.05) is 13.8 Å². The number of hydrogen-bond donors (Lipinski definition) is 1. The van der Waals surface area contributed by atoms with Crippen LogP contribution in [0.5, 0.6) is 0 Å². The predicted octanol–water partition coefficient (Wildman–Crippen LogP) is 1.18. The van der Waals surface area contributed by atoms with E-state index in [9.17, 15) is 8.42 Å². The second-order valence-electron chi connectivity index (χ2n) is 4.86. The molecule has 1 aromatic rings. The van der Waals surface area contributed by atoms with Crippen molar-refractivity contribution in [3.05, 3.63) is 22.8 Å². The van der Waals surface area contributed by atoms with Crippen molar-refractivity contribution in [3.63, 3.8) is 0 Å². The van der Waals surface area contributed by atoms with Gasteiger partial charge in [0.25, 0.3) is 0 Å². The van der Waals surface area contributed by atoms with E-state index >= 15 is 0 Å². The maximum Gasteiger partial charge on any atom is 0.154 e. The molecule has 0 atom stereocenters. The molecule has 0 fully saturated rings. The zero-order valence-corrected chi connectivity index (χ0v) is 13.0. The Morgan fingerprint density at radius 3 is 2.16 bits per heavy atom. The van der Waals surface area contributed by atoms with Gasteiger partial charge in [0.2, 0.25) is 0 Å². The minimum Gasteiger partial charge on any atom is -0.316 e. The fourth-order valence-corrected chi connectivity index (χ4v) is 2.58. The van der Waals surface area contributed by atoms with Crippen LogP contribution >= 0.6 is 0 Å². The molecule has 1 heterocycles. The van der Waals surface area contributed by atoms with Gasteiger partial charge in [0.05, 0.1) is 0 Å². The third-order valence-corrected chi connectivity index (χ3v) is 3.62. The molecule has 0 aliphatic rings. The first-order valence-corrected chi connectivity index (χ1v) is 8.61. The molecule has 5 nitrogen and oxygen atoms in total. The molecule has 1 aromatic heterocycles. The fourth-order valence-electron chi connectivity index (χ4n) is 1.98. The van der Waals surface area contributed by atoms with Gasteiger partial charge in [-0.25, -0.2) is 18.4 Å². The van der Waals surface area contributed by atoms with Gasteiger partial charge in [-0.2, -0.15) is 0 Å². The van der Waals surface area contributed by atoms with E-state index in [0.717, 1.165) is 42.9 Å². The summed E-state index contributed by atoms with van der Waals surface area (Å²) in [7, 11) is -3.09. The van der Waals surface area contributed by atoms with Crippen molar-refractivity contribution >= 4 is 9.84 Å². The van der Waals surface area contributed by atoms with Crippen molar-refractivity contribution in [1.29, 1.82) is 0 Å². The highest BCUT2D eigenvalue weighted by Crippen LogP contribution is 2.12. The van der Waals surface area contributed by atoms with E-state index in [0.29, 0.717) is 5.82 Å². The monoisotopic (exact) mass is 285 g/mol. The highest BCUT2D eigenvalue weighted by molar-refractivity contribution is 7.89. The zero-order valence-electron chi connectivity index (χ0n) is 12.2. The van der Waals surface area contributed by atoms with Crippen LogP contribution in [0.3, 0.4) is 0 Å². The zero-order chi connectivity index (χ0) is 14.5. The topological polar surface area (TPSA) is 72.0 Å². The Morgan fingerprint density at radius 1 is 1.11 bits per heavy atom. The minimum atomic E-state index is -3.09. The summed E-state index contributed by atoms with van der Waals surface area (Å²) in [6, 6.07) is 0. The molecular formula is C13H23N3O2S. The van der Waals surface area contributed by atoms with Crippen molar-refractivity contribution < 1.29 is 8.42 Å². The summed E-state index contributed by atoms with van der Waals surface area (Å²) < 4.78 is 22.5. The lowest BCUT2D eigenvalue weighted by Gasteiger charge is -2.11. The molecule has 0 amide bonds. The number of hydrogen-bond acceptors (Lipinski definition) is 5. The average molecular weight is 285 g/mol. The molecule has 6 heteroatoms. The van der Waals surface area contributed by atoms with Crippen LogP contribution in [0.1, 0.15) is 36.1 Å². The quantitative estimate of drug-likeness (QED) is 0.762. The van der Waals surface area contributed by atoms with Crippen molar-refractivity contribution in [3.8, 4) is 0 Å². The maximum absolute atomic E-state index is 11.3. The van der Waals surface area contributed by atoms with Crippen LogP contribution in [0.2, 0.25) is 0 Å². The Hall–Kier alpha value is -1.01. The summed E-state index contributed by atoms with van der Waals surface area (Å²) in [5, 5.41) is 3.34. The van der Waals surface area contributed by atoms with Crippen molar-refractivity contribution in [2.24, 2.45) is 0 Å². The van der Waals surface area contributed by atoms with E-state index in [1.54, 1.807) is 0 Å². The van der Waals surface area contributed by atoms with E-state index in [2.05, 4.69) is 22.2 Å². The van der Waals surface area contributed by atoms with Gasteiger partial charge in [-0.3, -0.25) is 0 Å². The van der Waals surface area contributed by atoms with Crippen LogP contribution in [-0.2, 0) is 22.0 Å². The van der Waals surface area contributed by atoms with Crippen molar-refractivity contribution in [2.45, 2.75) is 39.4 Å². The average Bonchev–Trinajstić information content (AvgIpc) is 2.24. The summed E-state index contributed by atoms with van der Waals surface area (Å²) in [5.41, 5.74) is 2.87. The number of rotatable bonds is 7. The second-order valence-corrected chi connectivity index (χ2v) is 7.00. The predicted molar refractivity (Wildman–Crippen MR) is 76.9 cm³/mol. The molecule has 0 bridgehead atoms. The molecule has 0 aliphatic carbocycles. The van der Waals surface area contributed by atoms with Crippen LogP contribution in [0, 0.1) is 13.8 Å². The Morgan fingerprint density at radius 2 is 1.68 bits per heavy atom. The molecular weight excluding hydrogens is 262 g/mol. The molecule has 0 aliphatic heterocycles. The Bertz CT molecular complexity index is 504. The maximum atomic E-state index is 11.3. The van der Waals surface area contributed by atoms with Gasteiger partial charge in [-0.05, 0) is 45.3 Å². The van der Waals surface area contributed by atoms with E-state index in [1.165, 1.54) is 6.26 Å². The number of nitrogens with one attached hydrogen (secondary N) is 1. The van der Waals surface area contributed by atoms with Gasteiger partial charge in [0.1, 0.15) is 11.6 Å². The lowest BCUT2D eigenvalue weighted by Crippen LogP contribution is -2.19. The molecule has 108 valence electrons. The number of aromatic nitrogens is 2. The van der Waals surface area contributed by atoms with Gasteiger partial charge in [0.15, 0.2) is 9.84 Å². The normalized spacial score (nSPS) is 11.8. The van der Waals surface area contributed by atoms with Crippen molar-refractivity contribution in [1.82, 2.24) is 15.3 Å². The molecule has 19 heavy (non-hydrogen) atoms. The van der Waals surface area contributed by atoms with Gasteiger partial charge in [-0.15, -0.1) is 0 Å². The molecule has 0 aromatic carbocycles. The fraction of sp³-hybridized carbons (Fsp3) is 0.692. The van der Waals surface area contributed by atoms with Crippen LogP contribution in [0.15, 0.2) is 0 Å². The molecule has 0 saturated heterocycles. The second kappa shape index (κ2) is 6.96. The Balaban J connectivity index is 2.80. The smallest absolute Gasteiger partial charge is 0.154 e. The number of sulfone groups is 1. The van der Waals surface area contributed by atoms with Crippen LogP contribution in [0.25, 0.3) is 0 Å². The van der Waals surface area contributed by atoms with E-state index < -0.39 is 9.84 Å². The van der Waals surface area contributed by atoms with Gasteiger partial charge in [-0.1, -0.05) is 6.92 Å². The van der Waals surface area contributed by atoms with Crippen LogP contribution in [-0.4, -0.2) is 37.7 Å². The first-order valence-electron chi connectivity index (χ1n) is 6.55. The minimum absolute atomic E-state index is 0.0942. The Kier molecular flexibility index (Phi) is 5.87. The lowest BCUT2D eigenvalue weighted by molar-refractivity contribution is 0.599. The molecule has 1 N–H and O–H groups in total. The highest BCUT2D eigenvalue weighted by atomic mass is 32.2. The molecule has 0 radical (unpaired) electrons. The van der Waals surface area contributed by atoms with E-state index in [4.69, 9.17) is 0 Å². The standard InChI is InChI=1S/C13H23N3O2S/c1-5-7-14-8-6-12-10(2)15-13(16-11(12)3)9-19(4,17)18/h14H,5-9H2,1-4H3. The van der Waals surface area contributed by atoms with Crippen LogP contribution < -0.4 is 5.32 Å². The SMILES string of the molecule is CCCNCCc1c(C)nc(CS(C)(=O)=O)nc1C. The Labute approximate surface area is 115 Å².